The Bertz CT molecular complexity index is 668. The van der Waals surface area contributed by atoms with Crippen LogP contribution in [0.5, 0.6) is 11.5 Å². The van der Waals surface area contributed by atoms with E-state index in [-0.39, 0.29) is 11.5 Å². The fourth-order valence-corrected chi connectivity index (χ4v) is 1.55. The standard InChI is InChI=1S/C14H13N3O3/c15-11-4-2-1-3-10(11)14(20)17-16-8-9-5-6-12(18)13(19)7-9/h1-8,18-19H,15H2,(H,17,20)/b16-8-. The first kappa shape index (κ1) is 13.4. The van der Waals surface area contributed by atoms with Crippen molar-refractivity contribution in [1.82, 2.24) is 5.43 Å². The first-order chi connectivity index (χ1) is 9.58. The van der Waals surface area contributed by atoms with E-state index in [0.29, 0.717) is 16.8 Å². The number of nitrogen functional groups attached to an aromatic ring is 1. The molecule has 6 nitrogen and oxygen atoms in total. The van der Waals surface area contributed by atoms with Crippen molar-refractivity contribution in [2.45, 2.75) is 0 Å². The Labute approximate surface area is 115 Å². The van der Waals surface area contributed by atoms with E-state index in [1.807, 2.05) is 0 Å². The first-order valence-corrected chi connectivity index (χ1v) is 5.78. The summed E-state index contributed by atoms with van der Waals surface area (Å²) in [5.41, 5.74) is 9.22. The summed E-state index contributed by atoms with van der Waals surface area (Å²) in [6.07, 6.45) is 1.34. The minimum atomic E-state index is -0.428. The number of hydrazone groups is 1. The number of para-hydroxylation sites is 1. The molecule has 0 unspecified atom stereocenters. The van der Waals surface area contributed by atoms with E-state index >= 15 is 0 Å². The molecular weight excluding hydrogens is 258 g/mol. The number of phenols is 2. The van der Waals surface area contributed by atoms with Crippen molar-refractivity contribution < 1.29 is 15.0 Å². The zero-order valence-corrected chi connectivity index (χ0v) is 10.4. The summed E-state index contributed by atoms with van der Waals surface area (Å²) in [6, 6.07) is 10.8. The molecule has 0 aromatic heterocycles. The number of anilines is 1. The van der Waals surface area contributed by atoms with E-state index in [0.717, 1.165) is 0 Å². The van der Waals surface area contributed by atoms with Crippen molar-refractivity contribution in [2.24, 2.45) is 5.10 Å². The average molecular weight is 271 g/mol. The van der Waals surface area contributed by atoms with Crippen LogP contribution in [0.15, 0.2) is 47.6 Å². The maximum atomic E-state index is 11.8. The van der Waals surface area contributed by atoms with Crippen molar-refractivity contribution in [3.05, 3.63) is 53.6 Å². The van der Waals surface area contributed by atoms with Crippen molar-refractivity contribution in [1.29, 1.82) is 0 Å². The molecular formula is C14H13N3O3. The van der Waals surface area contributed by atoms with Crippen LogP contribution in [-0.4, -0.2) is 22.3 Å². The first-order valence-electron chi connectivity index (χ1n) is 5.78. The van der Waals surface area contributed by atoms with Gasteiger partial charge in [-0.25, -0.2) is 5.43 Å². The number of rotatable bonds is 3. The topological polar surface area (TPSA) is 108 Å². The molecule has 5 N–H and O–H groups in total. The molecule has 0 spiro atoms. The summed E-state index contributed by atoms with van der Waals surface area (Å²) in [4.78, 5) is 11.8. The SMILES string of the molecule is Nc1ccccc1C(=O)N/N=C\c1ccc(O)c(O)c1. The van der Waals surface area contributed by atoms with E-state index in [1.165, 1.54) is 18.3 Å². The number of nitrogens with zero attached hydrogens (tertiary/aromatic N) is 1. The lowest BCUT2D eigenvalue weighted by molar-refractivity contribution is 0.0956. The number of benzene rings is 2. The number of hydrogen-bond donors (Lipinski definition) is 4. The Kier molecular flexibility index (Phi) is 3.85. The third-order valence-corrected chi connectivity index (χ3v) is 2.58. The molecule has 0 radical (unpaired) electrons. The molecule has 102 valence electrons. The summed E-state index contributed by atoms with van der Waals surface area (Å²) in [5, 5.41) is 22.2. The number of aromatic hydroxyl groups is 2. The van der Waals surface area contributed by atoms with Crippen molar-refractivity contribution in [3.8, 4) is 11.5 Å². The third kappa shape index (κ3) is 3.05. The molecule has 6 heteroatoms. The summed E-state index contributed by atoms with van der Waals surface area (Å²) in [7, 11) is 0. The molecule has 0 saturated heterocycles. The van der Waals surface area contributed by atoms with Crippen LogP contribution in [-0.2, 0) is 0 Å². The predicted octanol–water partition coefficient (Wildman–Crippen LogP) is 1.44. The quantitative estimate of drug-likeness (QED) is 0.293. The lowest BCUT2D eigenvalue weighted by Gasteiger charge is -2.03. The minimum Gasteiger partial charge on any atom is -0.504 e. The summed E-state index contributed by atoms with van der Waals surface area (Å²) >= 11 is 0. The lowest BCUT2D eigenvalue weighted by Crippen LogP contribution is -2.18. The van der Waals surface area contributed by atoms with Crippen LogP contribution in [0.1, 0.15) is 15.9 Å². The van der Waals surface area contributed by atoms with Gasteiger partial charge in [-0.15, -0.1) is 0 Å². The minimum absolute atomic E-state index is 0.219. The molecule has 0 atom stereocenters. The van der Waals surface area contributed by atoms with E-state index in [2.05, 4.69) is 10.5 Å². The van der Waals surface area contributed by atoms with Gasteiger partial charge in [0.25, 0.3) is 5.91 Å². The number of phenolic OH excluding ortho intramolecular Hbond substituents is 2. The van der Waals surface area contributed by atoms with Gasteiger partial charge in [0, 0.05) is 5.69 Å². The fraction of sp³-hybridized carbons (Fsp3) is 0. The number of hydrogen-bond acceptors (Lipinski definition) is 5. The summed E-state index contributed by atoms with van der Waals surface area (Å²) in [6.45, 7) is 0. The van der Waals surface area contributed by atoms with E-state index in [1.54, 1.807) is 30.3 Å². The van der Waals surface area contributed by atoms with Crippen molar-refractivity contribution in [3.63, 3.8) is 0 Å². The molecule has 0 aliphatic rings. The van der Waals surface area contributed by atoms with Crippen LogP contribution in [0.2, 0.25) is 0 Å². The molecule has 0 heterocycles. The molecule has 2 aromatic rings. The van der Waals surface area contributed by atoms with Crippen molar-refractivity contribution in [2.75, 3.05) is 5.73 Å². The summed E-state index contributed by atoms with van der Waals surface area (Å²) < 4.78 is 0. The maximum absolute atomic E-state index is 11.8. The molecule has 0 saturated carbocycles. The van der Waals surface area contributed by atoms with Gasteiger partial charge >= 0.3 is 0 Å². The molecule has 0 bridgehead atoms. The van der Waals surface area contributed by atoms with Gasteiger partial charge < -0.3 is 15.9 Å². The molecule has 0 fully saturated rings. The van der Waals surface area contributed by atoms with E-state index in [4.69, 9.17) is 10.8 Å². The smallest absolute Gasteiger partial charge is 0.273 e. The van der Waals surface area contributed by atoms with E-state index < -0.39 is 5.91 Å². The fourth-order valence-electron chi connectivity index (χ4n) is 1.55. The van der Waals surface area contributed by atoms with Gasteiger partial charge in [-0.1, -0.05) is 12.1 Å². The highest BCUT2D eigenvalue weighted by Gasteiger charge is 2.07. The second-order valence-electron chi connectivity index (χ2n) is 4.03. The number of amides is 1. The highest BCUT2D eigenvalue weighted by atomic mass is 16.3. The molecule has 0 aliphatic heterocycles. The number of nitrogens with one attached hydrogen (secondary N) is 1. The van der Waals surface area contributed by atoms with Gasteiger partial charge in [-0.2, -0.15) is 5.10 Å². The van der Waals surface area contributed by atoms with Crippen LogP contribution in [0.25, 0.3) is 0 Å². The van der Waals surface area contributed by atoms with Gasteiger partial charge in [-0.3, -0.25) is 4.79 Å². The Morgan fingerprint density at radius 2 is 1.90 bits per heavy atom. The van der Waals surface area contributed by atoms with Crippen molar-refractivity contribution >= 4 is 17.8 Å². The second-order valence-corrected chi connectivity index (χ2v) is 4.03. The third-order valence-electron chi connectivity index (χ3n) is 2.58. The highest BCUT2D eigenvalue weighted by Crippen LogP contribution is 2.23. The Hall–Kier alpha value is -3.02. The van der Waals surface area contributed by atoms with Gasteiger partial charge in [0.1, 0.15) is 0 Å². The lowest BCUT2D eigenvalue weighted by atomic mass is 10.2. The number of carbonyl (C=O) groups excluding carboxylic acids is 1. The molecule has 2 aromatic carbocycles. The number of carbonyl (C=O) groups is 1. The normalized spacial score (nSPS) is 10.6. The zero-order valence-electron chi connectivity index (χ0n) is 10.4. The molecule has 1 amide bonds. The second kappa shape index (κ2) is 5.75. The van der Waals surface area contributed by atoms with Gasteiger partial charge in [0.2, 0.25) is 0 Å². The highest BCUT2D eigenvalue weighted by molar-refractivity contribution is 5.99. The van der Waals surface area contributed by atoms with Crippen LogP contribution < -0.4 is 11.2 Å². The Balaban J connectivity index is 2.05. The van der Waals surface area contributed by atoms with Gasteiger partial charge in [0.15, 0.2) is 11.5 Å². The van der Waals surface area contributed by atoms with Crippen LogP contribution >= 0.6 is 0 Å². The van der Waals surface area contributed by atoms with Crippen LogP contribution in [0, 0.1) is 0 Å². The number of nitrogens with two attached hydrogens (primary N) is 1. The van der Waals surface area contributed by atoms with Gasteiger partial charge in [-0.05, 0) is 35.9 Å². The molecule has 2 rings (SSSR count). The Morgan fingerprint density at radius 3 is 2.60 bits per heavy atom. The average Bonchev–Trinajstić information content (AvgIpc) is 2.43. The van der Waals surface area contributed by atoms with Crippen LogP contribution in [0.3, 0.4) is 0 Å². The summed E-state index contributed by atoms with van der Waals surface area (Å²) in [5.74, 6) is -0.904. The van der Waals surface area contributed by atoms with E-state index in [9.17, 15) is 9.90 Å². The zero-order chi connectivity index (χ0) is 14.5. The van der Waals surface area contributed by atoms with Gasteiger partial charge in [0.05, 0.1) is 11.8 Å². The van der Waals surface area contributed by atoms with Crippen LogP contribution in [0.4, 0.5) is 5.69 Å². The largest absolute Gasteiger partial charge is 0.504 e. The predicted molar refractivity (Wildman–Crippen MR) is 75.7 cm³/mol. The Morgan fingerprint density at radius 1 is 1.15 bits per heavy atom. The molecule has 0 aliphatic carbocycles. The molecule has 20 heavy (non-hydrogen) atoms. The monoisotopic (exact) mass is 271 g/mol. The maximum Gasteiger partial charge on any atom is 0.273 e.